The molecule has 0 saturated carbocycles. The van der Waals surface area contributed by atoms with Gasteiger partial charge in [-0.15, -0.1) is 0 Å². The topological polar surface area (TPSA) is 70.5 Å². The Morgan fingerprint density at radius 2 is 1.79 bits per heavy atom. The summed E-state index contributed by atoms with van der Waals surface area (Å²) in [6, 6.07) is 11.5. The predicted molar refractivity (Wildman–Crippen MR) is 116 cm³/mol. The van der Waals surface area contributed by atoms with E-state index in [1.165, 1.54) is 18.3 Å². The molecule has 0 aliphatic carbocycles. The van der Waals surface area contributed by atoms with Crippen LogP contribution in [0.15, 0.2) is 58.5 Å². The number of hydrogen-bond donors (Lipinski definition) is 1. The van der Waals surface area contributed by atoms with Crippen LogP contribution >= 0.6 is 23.2 Å². The number of anilines is 1. The van der Waals surface area contributed by atoms with Gasteiger partial charge in [0.15, 0.2) is 0 Å². The van der Waals surface area contributed by atoms with Crippen LogP contribution in [0.3, 0.4) is 0 Å². The second-order valence-corrected chi connectivity index (χ2v) is 10.00. The fourth-order valence-corrected chi connectivity index (χ4v) is 5.66. The van der Waals surface area contributed by atoms with E-state index in [9.17, 15) is 13.5 Å². The normalized spacial score (nSPS) is 15.8. The molecule has 1 aliphatic rings. The molecule has 1 fully saturated rings. The number of nitrogens with zero attached hydrogens (tertiary/aromatic N) is 2. The number of halogens is 2. The Labute approximate surface area is 179 Å². The number of aliphatic hydroxyl groups is 1. The van der Waals surface area contributed by atoms with Gasteiger partial charge in [0, 0.05) is 41.3 Å². The largest absolute Gasteiger partial charge is 0.396 e. The number of sulfone groups is 1. The predicted octanol–water partition coefficient (Wildman–Crippen LogP) is 4.58. The van der Waals surface area contributed by atoms with E-state index in [-0.39, 0.29) is 22.3 Å². The smallest absolute Gasteiger partial charge is 0.210 e. The van der Waals surface area contributed by atoms with Crippen LogP contribution in [0.5, 0.6) is 0 Å². The van der Waals surface area contributed by atoms with Gasteiger partial charge >= 0.3 is 0 Å². The van der Waals surface area contributed by atoms with Crippen molar-refractivity contribution >= 4 is 49.6 Å². The Morgan fingerprint density at radius 3 is 2.48 bits per heavy atom. The molecule has 1 aliphatic heterocycles. The minimum absolute atomic E-state index is 0.131. The van der Waals surface area contributed by atoms with Gasteiger partial charge in [-0.3, -0.25) is 4.98 Å². The zero-order chi connectivity index (χ0) is 20.6. The van der Waals surface area contributed by atoms with E-state index in [0.29, 0.717) is 34.3 Å². The maximum Gasteiger partial charge on any atom is 0.210 e. The van der Waals surface area contributed by atoms with E-state index in [0.717, 1.165) is 18.2 Å². The third-order valence-corrected chi connectivity index (χ3v) is 7.58. The van der Waals surface area contributed by atoms with E-state index in [1.807, 2.05) is 6.07 Å². The van der Waals surface area contributed by atoms with Crippen molar-refractivity contribution in [1.82, 2.24) is 4.98 Å². The summed E-state index contributed by atoms with van der Waals surface area (Å²) in [4.78, 5) is 6.73. The van der Waals surface area contributed by atoms with Crippen molar-refractivity contribution in [2.24, 2.45) is 5.92 Å². The zero-order valence-corrected chi connectivity index (χ0v) is 17.9. The zero-order valence-electron chi connectivity index (χ0n) is 15.6. The summed E-state index contributed by atoms with van der Waals surface area (Å²) in [7, 11) is -3.83. The van der Waals surface area contributed by atoms with Gasteiger partial charge in [-0.1, -0.05) is 29.3 Å². The van der Waals surface area contributed by atoms with Crippen LogP contribution in [0.2, 0.25) is 10.0 Å². The van der Waals surface area contributed by atoms with E-state index in [4.69, 9.17) is 23.2 Å². The number of hydrogen-bond acceptors (Lipinski definition) is 5. The van der Waals surface area contributed by atoms with Crippen molar-refractivity contribution in [3.05, 3.63) is 58.7 Å². The molecule has 0 radical (unpaired) electrons. The van der Waals surface area contributed by atoms with Crippen molar-refractivity contribution in [2.75, 3.05) is 24.6 Å². The van der Waals surface area contributed by atoms with Gasteiger partial charge in [0.2, 0.25) is 9.84 Å². The average molecular weight is 451 g/mol. The Bertz CT molecular complexity index is 1160. The van der Waals surface area contributed by atoms with E-state index < -0.39 is 9.84 Å². The first-order chi connectivity index (χ1) is 13.9. The molecule has 1 saturated heterocycles. The number of piperidine rings is 1. The van der Waals surface area contributed by atoms with Crippen molar-refractivity contribution < 1.29 is 13.5 Å². The second-order valence-electron chi connectivity index (χ2n) is 7.21. The summed E-state index contributed by atoms with van der Waals surface area (Å²) in [5.74, 6) is 0.238. The van der Waals surface area contributed by atoms with Gasteiger partial charge in [0.25, 0.3) is 0 Å². The monoisotopic (exact) mass is 450 g/mol. The van der Waals surface area contributed by atoms with Crippen molar-refractivity contribution in [2.45, 2.75) is 22.6 Å². The van der Waals surface area contributed by atoms with Crippen LogP contribution in [0.4, 0.5) is 5.69 Å². The molecule has 4 rings (SSSR count). The molecule has 152 valence electrons. The van der Waals surface area contributed by atoms with Gasteiger partial charge in [-0.05, 0) is 55.2 Å². The lowest BCUT2D eigenvalue weighted by molar-refractivity contribution is 0.203. The molecule has 8 heteroatoms. The molecule has 2 aromatic carbocycles. The highest BCUT2D eigenvalue weighted by molar-refractivity contribution is 7.91. The van der Waals surface area contributed by atoms with E-state index in [1.54, 1.807) is 24.3 Å². The summed E-state index contributed by atoms with van der Waals surface area (Å²) in [6.45, 7) is 1.46. The van der Waals surface area contributed by atoms with Gasteiger partial charge in [-0.25, -0.2) is 8.42 Å². The van der Waals surface area contributed by atoms with Crippen LogP contribution in [0.25, 0.3) is 10.9 Å². The first kappa shape index (κ1) is 20.4. The van der Waals surface area contributed by atoms with Crippen LogP contribution < -0.4 is 4.90 Å². The highest BCUT2D eigenvalue weighted by Gasteiger charge is 2.29. The maximum atomic E-state index is 13.5. The molecule has 0 unspecified atom stereocenters. The molecule has 0 amide bonds. The molecule has 2 heterocycles. The number of fused-ring (bicyclic) bond motifs is 1. The Kier molecular flexibility index (Phi) is 5.71. The molecule has 1 N–H and O–H groups in total. The highest BCUT2D eigenvalue weighted by Crippen LogP contribution is 2.38. The number of rotatable bonds is 4. The summed E-state index contributed by atoms with van der Waals surface area (Å²) in [5.41, 5.74) is 1.27. The molecule has 3 aromatic rings. The van der Waals surface area contributed by atoms with Crippen LogP contribution in [-0.2, 0) is 9.84 Å². The van der Waals surface area contributed by atoms with E-state index in [2.05, 4.69) is 9.88 Å². The lowest BCUT2D eigenvalue weighted by atomic mass is 9.97. The second kappa shape index (κ2) is 8.11. The summed E-state index contributed by atoms with van der Waals surface area (Å²) in [5, 5.41) is 11.1. The Hall–Kier alpha value is -1.86. The Morgan fingerprint density at radius 1 is 1.07 bits per heavy atom. The molecule has 0 spiro atoms. The van der Waals surface area contributed by atoms with Crippen LogP contribution in [-0.4, -0.2) is 38.2 Å². The number of pyridine rings is 1. The third kappa shape index (κ3) is 3.94. The quantitative estimate of drug-likeness (QED) is 0.629. The lowest BCUT2D eigenvalue weighted by Gasteiger charge is -2.34. The minimum Gasteiger partial charge on any atom is -0.396 e. The highest BCUT2D eigenvalue weighted by atomic mass is 35.5. The lowest BCUT2D eigenvalue weighted by Crippen LogP contribution is -2.35. The molecule has 0 bridgehead atoms. The minimum atomic E-state index is -3.83. The van der Waals surface area contributed by atoms with Crippen molar-refractivity contribution in [1.29, 1.82) is 0 Å². The molecular formula is C21H20Cl2N2O3S. The Balaban J connectivity index is 1.91. The van der Waals surface area contributed by atoms with Crippen molar-refractivity contribution in [3.8, 4) is 0 Å². The molecule has 1 aromatic heterocycles. The standard InChI is InChI=1S/C21H20Cl2N2O3S/c22-15-2-1-3-17(10-15)29(27,28)20-12-24-19-11-16(23)4-5-18(19)21(20)25-8-6-14(13-26)7-9-25/h1-5,10-12,14,26H,6-9,13H2. The average Bonchev–Trinajstić information content (AvgIpc) is 2.72. The number of aliphatic hydroxyl groups excluding tert-OH is 1. The van der Waals surface area contributed by atoms with E-state index >= 15 is 0 Å². The summed E-state index contributed by atoms with van der Waals surface area (Å²) < 4.78 is 27.0. The van der Waals surface area contributed by atoms with Gasteiger partial charge in [0.1, 0.15) is 4.90 Å². The number of benzene rings is 2. The summed E-state index contributed by atoms with van der Waals surface area (Å²) in [6.07, 6.45) is 3.00. The number of aromatic nitrogens is 1. The first-order valence-electron chi connectivity index (χ1n) is 9.35. The van der Waals surface area contributed by atoms with Gasteiger partial charge < -0.3 is 10.0 Å². The van der Waals surface area contributed by atoms with Crippen molar-refractivity contribution in [3.63, 3.8) is 0 Å². The van der Waals surface area contributed by atoms with Gasteiger partial charge in [-0.2, -0.15) is 0 Å². The summed E-state index contributed by atoms with van der Waals surface area (Å²) >= 11 is 12.2. The molecule has 5 nitrogen and oxygen atoms in total. The fraction of sp³-hybridized carbons (Fsp3) is 0.286. The fourth-order valence-electron chi connectivity index (χ4n) is 3.76. The third-order valence-electron chi connectivity index (χ3n) is 5.35. The van der Waals surface area contributed by atoms with Crippen LogP contribution in [0.1, 0.15) is 12.8 Å². The maximum absolute atomic E-state index is 13.5. The SMILES string of the molecule is O=S(=O)(c1cccc(Cl)c1)c1cnc2cc(Cl)ccc2c1N1CCC(CO)CC1. The first-order valence-corrected chi connectivity index (χ1v) is 11.6. The molecule has 0 atom stereocenters. The van der Waals surface area contributed by atoms with Crippen LogP contribution in [0, 0.1) is 5.92 Å². The van der Waals surface area contributed by atoms with Gasteiger partial charge in [0.05, 0.1) is 16.1 Å². The molecular weight excluding hydrogens is 431 g/mol. The molecule has 29 heavy (non-hydrogen) atoms.